The topological polar surface area (TPSA) is 124 Å². The summed E-state index contributed by atoms with van der Waals surface area (Å²) in [5, 5.41) is -1.20. The number of rotatable bonds is 5. The van der Waals surface area contributed by atoms with E-state index in [1.807, 2.05) is 0 Å². The Balaban J connectivity index is 2.56. The predicted molar refractivity (Wildman–Crippen MR) is 81.6 cm³/mol. The van der Waals surface area contributed by atoms with Gasteiger partial charge in [-0.15, -0.1) is 0 Å². The molecule has 0 radical (unpaired) electrons. The molecule has 1 heterocycles. The van der Waals surface area contributed by atoms with Crippen LogP contribution in [-0.2, 0) is 24.5 Å². The van der Waals surface area contributed by atoms with Crippen molar-refractivity contribution in [2.75, 3.05) is 12.0 Å². The summed E-state index contributed by atoms with van der Waals surface area (Å²) < 4.78 is 48.1. The van der Waals surface area contributed by atoms with Gasteiger partial charge in [0.25, 0.3) is 0 Å². The fraction of sp³-hybridized carbons (Fsp3) is 0.231. The van der Waals surface area contributed by atoms with Gasteiger partial charge in [0.05, 0.1) is 16.2 Å². The number of carbonyl (C=O) groups excluding carboxylic acids is 1. The monoisotopic (exact) mass is 342 g/mol. The molecule has 0 fully saturated rings. The third-order valence-electron chi connectivity index (χ3n) is 3.14. The van der Waals surface area contributed by atoms with Crippen molar-refractivity contribution in [2.24, 2.45) is 5.73 Å². The van der Waals surface area contributed by atoms with Crippen molar-refractivity contribution in [3.05, 3.63) is 36.5 Å². The molecular formula is C13H14N2O5S2. The first-order chi connectivity index (χ1) is 10.1. The van der Waals surface area contributed by atoms with Crippen LogP contribution in [0, 0.1) is 0 Å². The molecule has 118 valence electrons. The number of pyridine rings is 1. The molecule has 1 aromatic heterocycles. The summed E-state index contributed by atoms with van der Waals surface area (Å²) in [4.78, 5) is 15.2. The maximum atomic E-state index is 12.5. The fourth-order valence-electron chi connectivity index (χ4n) is 2.03. The number of hydrogen-bond donors (Lipinski definition) is 1. The van der Waals surface area contributed by atoms with Crippen molar-refractivity contribution in [3.63, 3.8) is 0 Å². The Morgan fingerprint density at radius 3 is 2.41 bits per heavy atom. The number of hydrogen-bond acceptors (Lipinski definition) is 6. The maximum absolute atomic E-state index is 12.5. The molecule has 0 saturated heterocycles. The van der Waals surface area contributed by atoms with Crippen molar-refractivity contribution in [2.45, 2.75) is 10.1 Å². The van der Waals surface area contributed by atoms with E-state index in [0.717, 1.165) is 6.26 Å². The van der Waals surface area contributed by atoms with Gasteiger partial charge in [-0.05, 0) is 12.1 Å². The first kappa shape index (κ1) is 16.4. The van der Waals surface area contributed by atoms with Crippen LogP contribution in [0.15, 0.2) is 41.4 Å². The minimum atomic E-state index is -4.06. The van der Waals surface area contributed by atoms with Gasteiger partial charge in [0.15, 0.2) is 24.9 Å². The lowest BCUT2D eigenvalue weighted by Gasteiger charge is -2.13. The molecule has 0 spiro atoms. The van der Waals surface area contributed by atoms with Crippen LogP contribution in [0.1, 0.15) is 0 Å². The van der Waals surface area contributed by atoms with Crippen molar-refractivity contribution in [3.8, 4) is 0 Å². The normalized spacial score (nSPS) is 13.9. The minimum absolute atomic E-state index is 0.125. The standard InChI is InChI=1S/C13H14N2O5S2/c1-21(17,18)11(13(14)16)8-22(19,20)10-6-2-4-9-5-3-7-15-12(9)10/h2-7,11H,8H2,1H3,(H2,14,16)/t11-/m0/s1. The Hall–Kier alpha value is -2.00. The molecule has 2 rings (SSSR count). The van der Waals surface area contributed by atoms with Crippen LogP contribution in [0.25, 0.3) is 10.9 Å². The van der Waals surface area contributed by atoms with Crippen LogP contribution in [0.2, 0.25) is 0 Å². The lowest BCUT2D eigenvalue weighted by atomic mass is 10.2. The van der Waals surface area contributed by atoms with Gasteiger partial charge in [0.1, 0.15) is 0 Å². The van der Waals surface area contributed by atoms with Crippen molar-refractivity contribution >= 4 is 36.5 Å². The van der Waals surface area contributed by atoms with E-state index in [1.54, 1.807) is 18.2 Å². The summed E-state index contributed by atoms with van der Waals surface area (Å²) in [7, 11) is -7.99. The second-order valence-corrected chi connectivity index (χ2v) is 9.06. The number of carbonyl (C=O) groups is 1. The number of fused-ring (bicyclic) bond motifs is 1. The third kappa shape index (κ3) is 3.25. The van der Waals surface area contributed by atoms with Crippen molar-refractivity contribution in [1.82, 2.24) is 4.98 Å². The van der Waals surface area contributed by atoms with E-state index >= 15 is 0 Å². The van der Waals surface area contributed by atoms with Gasteiger partial charge in [0, 0.05) is 17.8 Å². The highest BCUT2D eigenvalue weighted by molar-refractivity contribution is 7.95. The average molecular weight is 342 g/mol. The highest BCUT2D eigenvalue weighted by atomic mass is 32.2. The highest BCUT2D eigenvalue weighted by Crippen LogP contribution is 2.23. The van der Waals surface area contributed by atoms with E-state index in [1.165, 1.54) is 18.3 Å². The van der Waals surface area contributed by atoms with Crippen LogP contribution < -0.4 is 5.73 Å². The summed E-state index contributed by atoms with van der Waals surface area (Å²) in [5.74, 6) is -2.10. The molecule has 0 bridgehead atoms. The first-order valence-electron chi connectivity index (χ1n) is 6.17. The second kappa shape index (κ2) is 5.65. The third-order valence-corrected chi connectivity index (χ3v) is 6.55. The molecule has 2 aromatic rings. The number of primary amides is 1. The largest absolute Gasteiger partial charge is 0.369 e. The minimum Gasteiger partial charge on any atom is -0.369 e. The van der Waals surface area contributed by atoms with Crippen LogP contribution >= 0.6 is 0 Å². The number of nitrogens with zero attached hydrogens (tertiary/aromatic N) is 1. The molecule has 22 heavy (non-hydrogen) atoms. The summed E-state index contributed by atoms with van der Waals surface area (Å²) in [6, 6.07) is 7.87. The first-order valence-corrected chi connectivity index (χ1v) is 9.78. The number of amides is 1. The Labute approximate surface area is 128 Å². The van der Waals surface area contributed by atoms with Gasteiger partial charge >= 0.3 is 0 Å². The molecule has 1 amide bonds. The fourth-order valence-corrected chi connectivity index (χ4v) is 5.47. The zero-order valence-electron chi connectivity index (χ0n) is 11.6. The van der Waals surface area contributed by atoms with Gasteiger partial charge in [-0.2, -0.15) is 0 Å². The van der Waals surface area contributed by atoms with Gasteiger partial charge in [-0.1, -0.05) is 18.2 Å². The molecule has 0 aliphatic heterocycles. The van der Waals surface area contributed by atoms with E-state index in [-0.39, 0.29) is 10.4 Å². The van der Waals surface area contributed by atoms with Crippen LogP contribution in [-0.4, -0.2) is 45.0 Å². The zero-order valence-corrected chi connectivity index (χ0v) is 13.3. The Morgan fingerprint density at radius 1 is 1.18 bits per heavy atom. The van der Waals surface area contributed by atoms with E-state index < -0.39 is 36.6 Å². The summed E-state index contributed by atoms with van der Waals surface area (Å²) in [6.07, 6.45) is 2.21. The number of nitrogens with two attached hydrogens (primary N) is 1. The molecule has 7 nitrogen and oxygen atoms in total. The molecule has 9 heteroatoms. The molecule has 0 aliphatic rings. The lowest BCUT2D eigenvalue weighted by molar-refractivity contribution is -0.117. The quantitative estimate of drug-likeness (QED) is 0.809. The van der Waals surface area contributed by atoms with Gasteiger partial charge in [-0.25, -0.2) is 16.8 Å². The number of para-hydroxylation sites is 1. The molecule has 0 saturated carbocycles. The Kier molecular flexibility index (Phi) is 4.21. The second-order valence-electron chi connectivity index (χ2n) is 4.83. The van der Waals surface area contributed by atoms with E-state index in [4.69, 9.17) is 5.73 Å². The lowest BCUT2D eigenvalue weighted by Crippen LogP contribution is -2.40. The van der Waals surface area contributed by atoms with Gasteiger partial charge in [-0.3, -0.25) is 9.78 Å². The average Bonchev–Trinajstić information content (AvgIpc) is 2.42. The number of benzene rings is 1. The van der Waals surface area contributed by atoms with Crippen LogP contribution in [0.3, 0.4) is 0 Å². The summed E-state index contributed by atoms with van der Waals surface area (Å²) in [6.45, 7) is 0. The van der Waals surface area contributed by atoms with Crippen molar-refractivity contribution < 1.29 is 21.6 Å². The number of sulfone groups is 2. The molecule has 1 aromatic carbocycles. The van der Waals surface area contributed by atoms with Gasteiger partial charge in [0.2, 0.25) is 5.91 Å². The van der Waals surface area contributed by atoms with E-state index in [9.17, 15) is 21.6 Å². The SMILES string of the molecule is CS(=O)(=O)[C@@H](CS(=O)(=O)c1cccc2cccnc12)C(N)=O. The summed E-state index contributed by atoms with van der Waals surface area (Å²) in [5.41, 5.74) is 5.25. The maximum Gasteiger partial charge on any atom is 0.236 e. The Bertz CT molecular complexity index is 931. The van der Waals surface area contributed by atoms with Gasteiger partial charge < -0.3 is 5.73 Å². The van der Waals surface area contributed by atoms with Crippen LogP contribution in [0.5, 0.6) is 0 Å². The zero-order chi connectivity index (χ0) is 16.5. The molecule has 0 unspecified atom stereocenters. The predicted octanol–water partition coefficient (Wildman–Crippen LogP) is -0.0930. The van der Waals surface area contributed by atoms with Crippen LogP contribution in [0.4, 0.5) is 0 Å². The van der Waals surface area contributed by atoms with Crippen molar-refractivity contribution in [1.29, 1.82) is 0 Å². The molecule has 0 aliphatic carbocycles. The smallest absolute Gasteiger partial charge is 0.236 e. The Morgan fingerprint density at radius 2 is 1.82 bits per heavy atom. The summed E-state index contributed by atoms with van der Waals surface area (Å²) >= 11 is 0. The highest BCUT2D eigenvalue weighted by Gasteiger charge is 2.34. The molecule has 1 atom stereocenters. The molecular weight excluding hydrogens is 328 g/mol. The molecule has 2 N–H and O–H groups in total. The van der Waals surface area contributed by atoms with E-state index in [0.29, 0.717) is 5.39 Å². The number of aromatic nitrogens is 1. The van der Waals surface area contributed by atoms with E-state index in [2.05, 4.69) is 4.98 Å².